The third-order valence-corrected chi connectivity index (χ3v) is 2.42. The van der Waals surface area contributed by atoms with Crippen LogP contribution in [-0.2, 0) is 4.74 Å². The van der Waals surface area contributed by atoms with Crippen molar-refractivity contribution in [2.45, 2.75) is 20.8 Å². The van der Waals surface area contributed by atoms with Crippen LogP contribution in [-0.4, -0.2) is 30.8 Å². The molecule has 0 bridgehead atoms. The molecule has 0 aliphatic carbocycles. The van der Waals surface area contributed by atoms with Crippen LogP contribution in [0.4, 0.5) is 5.69 Å². The topological polar surface area (TPSA) is 58.6 Å². The average molecular weight is 251 g/mol. The highest BCUT2D eigenvalue weighted by molar-refractivity contribution is 5.94. The Labute approximate surface area is 108 Å². The Morgan fingerprint density at radius 3 is 2.78 bits per heavy atom. The van der Waals surface area contributed by atoms with E-state index in [0.29, 0.717) is 30.3 Å². The number of carboxylic acid groups (broad SMARTS) is 1. The molecule has 0 saturated carbocycles. The molecule has 18 heavy (non-hydrogen) atoms. The van der Waals surface area contributed by atoms with E-state index in [9.17, 15) is 4.79 Å². The SMILES string of the molecule is Cc1ccc(C(=O)O)c(NCCOCC(C)C)c1. The molecule has 0 aliphatic heterocycles. The van der Waals surface area contributed by atoms with Gasteiger partial charge in [-0.2, -0.15) is 0 Å². The number of benzene rings is 1. The summed E-state index contributed by atoms with van der Waals surface area (Å²) in [7, 11) is 0. The molecule has 0 unspecified atom stereocenters. The minimum absolute atomic E-state index is 0.296. The molecule has 1 aromatic carbocycles. The summed E-state index contributed by atoms with van der Waals surface area (Å²) in [4.78, 5) is 11.0. The van der Waals surface area contributed by atoms with E-state index in [2.05, 4.69) is 19.2 Å². The van der Waals surface area contributed by atoms with Crippen molar-refractivity contribution in [3.8, 4) is 0 Å². The number of carbonyl (C=O) groups is 1. The monoisotopic (exact) mass is 251 g/mol. The highest BCUT2D eigenvalue weighted by Gasteiger charge is 2.09. The molecule has 0 radical (unpaired) electrons. The van der Waals surface area contributed by atoms with Crippen molar-refractivity contribution in [2.75, 3.05) is 25.1 Å². The largest absolute Gasteiger partial charge is 0.478 e. The van der Waals surface area contributed by atoms with Crippen LogP contribution in [0.1, 0.15) is 29.8 Å². The molecule has 1 aromatic rings. The lowest BCUT2D eigenvalue weighted by Gasteiger charge is -2.11. The summed E-state index contributed by atoms with van der Waals surface area (Å²) in [6.45, 7) is 8.03. The van der Waals surface area contributed by atoms with Crippen molar-refractivity contribution >= 4 is 11.7 Å². The maximum absolute atomic E-state index is 11.0. The fourth-order valence-corrected chi connectivity index (χ4v) is 1.57. The quantitative estimate of drug-likeness (QED) is 0.732. The number of rotatable bonds is 7. The number of hydrogen-bond donors (Lipinski definition) is 2. The normalized spacial score (nSPS) is 10.7. The van der Waals surface area contributed by atoms with Gasteiger partial charge in [0.05, 0.1) is 12.2 Å². The fraction of sp³-hybridized carbons (Fsp3) is 0.500. The summed E-state index contributed by atoms with van der Waals surface area (Å²) in [5, 5.41) is 12.2. The second kappa shape index (κ2) is 7.01. The number of anilines is 1. The van der Waals surface area contributed by atoms with Crippen LogP contribution in [0.15, 0.2) is 18.2 Å². The van der Waals surface area contributed by atoms with E-state index in [1.807, 2.05) is 13.0 Å². The first-order valence-corrected chi connectivity index (χ1v) is 6.16. The van der Waals surface area contributed by atoms with Crippen LogP contribution in [0, 0.1) is 12.8 Å². The minimum atomic E-state index is -0.916. The smallest absolute Gasteiger partial charge is 0.337 e. The van der Waals surface area contributed by atoms with Gasteiger partial charge in [-0.3, -0.25) is 0 Å². The maximum Gasteiger partial charge on any atom is 0.337 e. The molecule has 0 saturated heterocycles. The molecule has 4 heteroatoms. The summed E-state index contributed by atoms with van der Waals surface area (Å²) in [5.41, 5.74) is 1.98. The van der Waals surface area contributed by atoms with Gasteiger partial charge in [0.25, 0.3) is 0 Å². The summed E-state index contributed by atoms with van der Waals surface area (Å²) in [6.07, 6.45) is 0. The molecular formula is C14H21NO3. The van der Waals surface area contributed by atoms with E-state index in [4.69, 9.17) is 9.84 Å². The van der Waals surface area contributed by atoms with Gasteiger partial charge in [-0.15, -0.1) is 0 Å². The number of aromatic carboxylic acids is 1. The number of hydrogen-bond acceptors (Lipinski definition) is 3. The molecule has 0 amide bonds. The van der Waals surface area contributed by atoms with E-state index < -0.39 is 5.97 Å². The minimum Gasteiger partial charge on any atom is -0.478 e. The van der Waals surface area contributed by atoms with Gasteiger partial charge >= 0.3 is 5.97 Å². The van der Waals surface area contributed by atoms with Crippen molar-refractivity contribution in [1.82, 2.24) is 0 Å². The number of ether oxygens (including phenoxy) is 1. The maximum atomic E-state index is 11.0. The molecule has 0 aliphatic rings. The molecule has 2 N–H and O–H groups in total. The third-order valence-electron chi connectivity index (χ3n) is 2.42. The van der Waals surface area contributed by atoms with Gasteiger partial charge in [0.15, 0.2) is 0 Å². The van der Waals surface area contributed by atoms with Crippen LogP contribution in [0.3, 0.4) is 0 Å². The first-order chi connectivity index (χ1) is 8.50. The third kappa shape index (κ3) is 4.75. The molecule has 0 heterocycles. The molecule has 0 atom stereocenters. The summed E-state index contributed by atoms with van der Waals surface area (Å²) >= 11 is 0. The predicted molar refractivity (Wildman–Crippen MR) is 72.3 cm³/mol. The molecule has 0 fully saturated rings. The van der Waals surface area contributed by atoms with Crippen LogP contribution in [0.25, 0.3) is 0 Å². The zero-order valence-electron chi connectivity index (χ0n) is 11.2. The van der Waals surface area contributed by atoms with Crippen molar-refractivity contribution in [1.29, 1.82) is 0 Å². The average Bonchev–Trinajstić information content (AvgIpc) is 2.27. The van der Waals surface area contributed by atoms with Crippen molar-refractivity contribution in [2.24, 2.45) is 5.92 Å². The van der Waals surface area contributed by atoms with E-state index in [-0.39, 0.29) is 0 Å². The van der Waals surface area contributed by atoms with Crippen molar-refractivity contribution < 1.29 is 14.6 Å². The zero-order valence-corrected chi connectivity index (χ0v) is 11.2. The Kier molecular flexibility index (Phi) is 5.65. The lowest BCUT2D eigenvalue weighted by Crippen LogP contribution is -2.14. The zero-order chi connectivity index (χ0) is 13.5. The van der Waals surface area contributed by atoms with Crippen molar-refractivity contribution in [3.63, 3.8) is 0 Å². The number of carboxylic acids is 1. The molecule has 0 aromatic heterocycles. The summed E-state index contributed by atoms with van der Waals surface area (Å²) in [5.74, 6) is -0.404. The van der Waals surface area contributed by atoms with Gasteiger partial charge in [0, 0.05) is 18.8 Å². The van der Waals surface area contributed by atoms with Crippen LogP contribution >= 0.6 is 0 Å². The highest BCUT2D eigenvalue weighted by atomic mass is 16.5. The Morgan fingerprint density at radius 1 is 1.44 bits per heavy atom. The Bertz CT molecular complexity index is 402. The van der Waals surface area contributed by atoms with Gasteiger partial charge in [0.2, 0.25) is 0 Å². The Morgan fingerprint density at radius 2 is 2.17 bits per heavy atom. The molecule has 0 spiro atoms. The number of nitrogens with one attached hydrogen (secondary N) is 1. The standard InChI is InChI=1S/C14H21NO3/c1-10(2)9-18-7-6-15-13-8-11(3)4-5-12(13)14(16)17/h4-5,8,10,15H,6-7,9H2,1-3H3,(H,16,17). The van der Waals surface area contributed by atoms with E-state index in [0.717, 1.165) is 12.2 Å². The van der Waals surface area contributed by atoms with Gasteiger partial charge in [0.1, 0.15) is 0 Å². The van der Waals surface area contributed by atoms with E-state index >= 15 is 0 Å². The van der Waals surface area contributed by atoms with E-state index in [1.54, 1.807) is 12.1 Å². The van der Waals surface area contributed by atoms with Gasteiger partial charge in [-0.25, -0.2) is 4.79 Å². The predicted octanol–water partition coefficient (Wildman–Crippen LogP) is 2.78. The second-order valence-corrected chi connectivity index (χ2v) is 4.75. The lowest BCUT2D eigenvalue weighted by atomic mass is 10.1. The van der Waals surface area contributed by atoms with Crippen LogP contribution in [0.2, 0.25) is 0 Å². The van der Waals surface area contributed by atoms with Gasteiger partial charge in [-0.1, -0.05) is 19.9 Å². The Hall–Kier alpha value is -1.55. The van der Waals surface area contributed by atoms with Gasteiger partial charge < -0.3 is 15.2 Å². The lowest BCUT2D eigenvalue weighted by molar-refractivity contribution is 0.0697. The van der Waals surface area contributed by atoms with E-state index in [1.165, 1.54) is 0 Å². The van der Waals surface area contributed by atoms with Crippen molar-refractivity contribution in [3.05, 3.63) is 29.3 Å². The first kappa shape index (κ1) is 14.5. The Balaban J connectivity index is 2.50. The summed E-state index contributed by atoms with van der Waals surface area (Å²) in [6, 6.07) is 5.25. The number of aryl methyl sites for hydroxylation is 1. The second-order valence-electron chi connectivity index (χ2n) is 4.75. The highest BCUT2D eigenvalue weighted by Crippen LogP contribution is 2.17. The van der Waals surface area contributed by atoms with Crippen LogP contribution in [0.5, 0.6) is 0 Å². The summed E-state index contributed by atoms with van der Waals surface area (Å²) < 4.78 is 5.44. The fourth-order valence-electron chi connectivity index (χ4n) is 1.57. The van der Waals surface area contributed by atoms with Crippen LogP contribution < -0.4 is 5.32 Å². The molecule has 100 valence electrons. The molecule has 1 rings (SSSR count). The first-order valence-electron chi connectivity index (χ1n) is 6.16. The molecule has 4 nitrogen and oxygen atoms in total. The molecular weight excluding hydrogens is 230 g/mol. The van der Waals surface area contributed by atoms with Gasteiger partial charge in [-0.05, 0) is 30.5 Å².